The second-order valence-electron chi connectivity index (χ2n) is 7.97. The lowest BCUT2D eigenvalue weighted by atomic mass is 9.99. The lowest BCUT2D eigenvalue weighted by Crippen LogP contribution is -2.56. The molecule has 3 aliphatic heterocycles. The molecule has 3 rings (SSSR count). The van der Waals surface area contributed by atoms with Crippen molar-refractivity contribution in [1.82, 2.24) is 0 Å². The normalized spacial score (nSPS) is 41.1. The minimum Gasteiger partial charge on any atom is -0.379 e. The highest BCUT2D eigenvalue weighted by Crippen LogP contribution is 2.44. The van der Waals surface area contributed by atoms with Crippen LogP contribution in [0.3, 0.4) is 0 Å². The van der Waals surface area contributed by atoms with Crippen molar-refractivity contribution in [2.24, 2.45) is 5.92 Å². The molecule has 3 saturated heterocycles. The molecule has 0 amide bonds. The van der Waals surface area contributed by atoms with Crippen molar-refractivity contribution in [2.75, 3.05) is 13.2 Å². The van der Waals surface area contributed by atoms with Gasteiger partial charge in [-0.15, -0.1) is 0 Å². The maximum absolute atomic E-state index is 6.08. The molecule has 0 bridgehead atoms. The van der Waals surface area contributed by atoms with E-state index in [0.717, 1.165) is 13.0 Å². The van der Waals surface area contributed by atoms with Gasteiger partial charge in [-0.2, -0.15) is 0 Å². The number of fused-ring (bicyclic) bond motifs is 3. The van der Waals surface area contributed by atoms with Crippen molar-refractivity contribution in [1.29, 1.82) is 0 Å². The van der Waals surface area contributed by atoms with E-state index >= 15 is 0 Å². The summed E-state index contributed by atoms with van der Waals surface area (Å²) >= 11 is 0. The third kappa shape index (κ3) is 3.89. The Morgan fingerprint density at radius 1 is 0.870 bits per heavy atom. The van der Waals surface area contributed by atoms with Crippen LogP contribution in [0.5, 0.6) is 0 Å². The van der Waals surface area contributed by atoms with Crippen LogP contribution in [0, 0.1) is 5.92 Å². The molecule has 6 nitrogen and oxygen atoms in total. The Morgan fingerprint density at radius 3 is 2.17 bits per heavy atom. The van der Waals surface area contributed by atoms with E-state index in [1.54, 1.807) is 0 Å². The van der Waals surface area contributed by atoms with Gasteiger partial charge in [0.2, 0.25) is 0 Å². The Labute approximate surface area is 138 Å². The molecule has 0 saturated carbocycles. The Balaban J connectivity index is 1.66. The number of hydrogen-bond donors (Lipinski definition) is 0. The molecule has 0 aromatic heterocycles. The van der Waals surface area contributed by atoms with Crippen molar-refractivity contribution < 1.29 is 28.4 Å². The fraction of sp³-hybridized carbons (Fsp3) is 1.00. The van der Waals surface area contributed by atoms with Gasteiger partial charge in [-0.05, 0) is 40.0 Å². The molecule has 6 heteroatoms. The molecule has 3 heterocycles. The second-order valence-corrected chi connectivity index (χ2v) is 7.97. The highest BCUT2D eigenvalue weighted by Gasteiger charge is 2.60. The van der Waals surface area contributed by atoms with Gasteiger partial charge in [0, 0.05) is 6.61 Å². The quantitative estimate of drug-likeness (QED) is 0.722. The van der Waals surface area contributed by atoms with Crippen molar-refractivity contribution >= 4 is 0 Å². The van der Waals surface area contributed by atoms with Gasteiger partial charge >= 0.3 is 0 Å². The van der Waals surface area contributed by atoms with Gasteiger partial charge in [0.15, 0.2) is 17.9 Å². The van der Waals surface area contributed by atoms with E-state index < -0.39 is 17.9 Å². The maximum Gasteiger partial charge on any atom is 0.190 e. The van der Waals surface area contributed by atoms with Gasteiger partial charge in [-0.3, -0.25) is 0 Å². The van der Waals surface area contributed by atoms with Crippen LogP contribution in [0.1, 0.15) is 48.0 Å². The molecule has 3 aliphatic rings. The van der Waals surface area contributed by atoms with Crippen LogP contribution >= 0.6 is 0 Å². The molecule has 134 valence electrons. The zero-order chi connectivity index (χ0) is 16.8. The Morgan fingerprint density at radius 2 is 1.48 bits per heavy atom. The summed E-state index contributed by atoms with van der Waals surface area (Å²) in [5.74, 6) is -0.708. The second kappa shape index (κ2) is 6.24. The minimum absolute atomic E-state index is 0.204. The molecule has 0 radical (unpaired) electrons. The molecule has 5 unspecified atom stereocenters. The maximum atomic E-state index is 6.08. The van der Waals surface area contributed by atoms with Gasteiger partial charge in [0.25, 0.3) is 0 Å². The predicted octanol–water partition coefficient (Wildman–Crippen LogP) is 2.45. The first-order valence-corrected chi connectivity index (χ1v) is 8.61. The first-order chi connectivity index (χ1) is 10.7. The van der Waals surface area contributed by atoms with E-state index in [0.29, 0.717) is 12.5 Å². The SMILES string of the molecule is CC(C)CCOCC1OC2OC(C)(C)OC2C2OC(C)(C)OC12. The molecule has 3 fully saturated rings. The molecule has 23 heavy (non-hydrogen) atoms. The summed E-state index contributed by atoms with van der Waals surface area (Å²) in [6, 6.07) is 0. The summed E-state index contributed by atoms with van der Waals surface area (Å²) in [4.78, 5) is 0. The lowest BCUT2D eigenvalue weighted by Gasteiger charge is -2.37. The van der Waals surface area contributed by atoms with Crippen LogP contribution in [0.4, 0.5) is 0 Å². The van der Waals surface area contributed by atoms with E-state index in [9.17, 15) is 0 Å². The van der Waals surface area contributed by atoms with E-state index in [1.807, 2.05) is 27.7 Å². The molecule has 0 N–H and O–H groups in total. The number of ether oxygens (including phenoxy) is 6. The minimum atomic E-state index is -0.677. The van der Waals surface area contributed by atoms with Crippen LogP contribution in [-0.4, -0.2) is 55.5 Å². The van der Waals surface area contributed by atoms with E-state index in [-0.39, 0.29) is 24.4 Å². The fourth-order valence-electron chi connectivity index (χ4n) is 3.35. The third-order valence-corrected chi connectivity index (χ3v) is 4.37. The predicted molar refractivity (Wildman–Crippen MR) is 82.8 cm³/mol. The average Bonchev–Trinajstić information content (AvgIpc) is 2.88. The summed E-state index contributed by atoms with van der Waals surface area (Å²) < 4.78 is 35.9. The van der Waals surface area contributed by atoms with Gasteiger partial charge in [-0.1, -0.05) is 13.8 Å². The van der Waals surface area contributed by atoms with Crippen LogP contribution in [-0.2, 0) is 28.4 Å². The van der Waals surface area contributed by atoms with Crippen molar-refractivity contribution in [2.45, 2.75) is 90.2 Å². The Bertz CT molecular complexity index is 421. The average molecular weight is 330 g/mol. The van der Waals surface area contributed by atoms with E-state index in [1.165, 1.54) is 0 Å². The summed E-state index contributed by atoms with van der Waals surface area (Å²) in [5, 5.41) is 0. The zero-order valence-corrected chi connectivity index (χ0v) is 15.0. The number of hydrogen-bond acceptors (Lipinski definition) is 6. The highest BCUT2D eigenvalue weighted by molar-refractivity contribution is 5.00. The van der Waals surface area contributed by atoms with E-state index in [4.69, 9.17) is 28.4 Å². The summed E-state index contributed by atoms with van der Waals surface area (Å²) in [5.41, 5.74) is 0. The van der Waals surface area contributed by atoms with Crippen LogP contribution in [0.25, 0.3) is 0 Å². The first kappa shape index (κ1) is 17.6. The first-order valence-electron chi connectivity index (χ1n) is 8.61. The Kier molecular flexibility index (Phi) is 4.77. The molecular formula is C17H30O6. The standard InChI is InChI=1S/C17H30O6/c1-10(2)7-8-18-9-11-12-13(21-16(3,4)20-12)14-15(19-11)23-17(5,6)22-14/h10-15H,7-9H2,1-6H3. The smallest absolute Gasteiger partial charge is 0.190 e. The summed E-state index contributed by atoms with van der Waals surface area (Å²) in [6.07, 6.45) is -0.312. The zero-order valence-electron chi connectivity index (χ0n) is 15.0. The summed E-state index contributed by atoms with van der Waals surface area (Å²) in [7, 11) is 0. The van der Waals surface area contributed by atoms with Gasteiger partial charge in [0.05, 0.1) is 6.61 Å². The topological polar surface area (TPSA) is 55.4 Å². The highest BCUT2D eigenvalue weighted by atomic mass is 16.9. The monoisotopic (exact) mass is 330 g/mol. The molecule has 5 atom stereocenters. The molecular weight excluding hydrogens is 300 g/mol. The largest absolute Gasteiger partial charge is 0.379 e. The Hall–Kier alpha value is -0.240. The molecule has 0 aliphatic carbocycles. The van der Waals surface area contributed by atoms with Gasteiger partial charge in [0.1, 0.15) is 24.4 Å². The van der Waals surface area contributed by atoms with Crippen molar-refractivity contribution in [3.8, 4) is 0 Å². The molecule has 0 aromatic carbocycles. The van der Waals surface area contributed by atoms with Crippen LogP contribution in [0.15, 0.2) is 0 Å². The van der Waals surface area contributed by atoms with Crippen molar-refractivity contribution in [3.05, 3.63) is 0 Å². The third-order valence-electron chi connectivity index (χ3n) is 4.37. The fourth-order valence-corrected chi connectivity index (χ4v) is 3.35. The van der Waals surface area contributed by atoms with Crippen LogP contribution in [0.2, 0.25) is 0 Å². The number of rotatable bonds is 5. The van der Waals surface area contributed by atoms with Gasteiger partial charge < -0.3 is 28.4 Å². The van der Waals surface area contributed by atoms with Crippen LogP contribution < -0.4 is 0 Å². The van der Waals surface area contributed by atoms with Crippen molar-refractivity contribution in [3.63, 3.8) is 0 Å². The molecule has 0 aromatic rings. The lowest BCUT2D eigenvalue weighted by molar-refractivity contribution is -0.243. The molecule has 0 spiro atoms. The van der Waals surface area contributed by atoms with E-state index in [2.05, 4.69) is 13.8 Å². The van der Waals surface area contributed by atoms with Gasteiger partial charge in [-0.25, -0.2) is 0 Å². The summed E-state index contributed by atoms with van der Waals surface area (Å²) in [6.45, 7) is 13.2.